The Balaban J connectivity index is 1.56. The van der Waals surface area contributed by atoms with E-state index in [0.717, 1.165) is 27.7 Å². The van der Waals surface area contributed by atoms with Crippen LogP contribution in [0.3, 0.4) is 0 Å². The molecule has 5 rings (SSSR count). The minimum Gasteiger partial charge on any atom is -0.454 e. The molecule has 2 aromatic carbocycles. The van der Waals surface area contributed by atoms with Gasteiger partial charge in [-0.15, -0.1) is 0 Å². The lowest BCUT2D eigenvalue weighted by molar-refractivity contribution is -0.130. The predicted molar refractivity (Wildman–Crippen MR) is 110 cm³/mol. The van der Waals surface area contributed by atoms with Gasteiger partial charge in [0.15, 0.2) is 11.5 Å². The van der Waals surface area contributed by atoms with Crippen LogP contribution in [0.25, 0.3) is 10.9 Å². The molecule has 3 aromatic rings. The molecule has 2 aliphatic heterocycles. The van der Waals surface area contributed by atoms with Crippen molar-refractivity contribution in [1.29, 1.82) is 0 Å². The van der Waals surface area contributed by atoms with Gasteiger partial charge in [0.05, 0.1) is 17.3 Å². The van der Waals surface area contributed by atoms with Crippen molar-refractivity contribution >= 4 is 34.1 Å². The minimum absolute atomic E-state index is 0.140. The number of hydrogen-bond donors (Lipinski definition) is 0. The Kier molecular flexibility index (Phi) is 4.17. The SMILES string of the molecule is CC(=O)N1N=C(c2ccc(C)cc2)C[C@H]1c1cc2cc3c(cc2nc1Cl)OCO3. The molecule has 0 fully saturated rings. The zero-order valence-corrected chi connectivity index (χ0v) is 16.7. The largest absolute Gasteiger partial charge is 0.454 e. The van der Waals surface area contributed by atoms with Crippen molar-refractivity contribution in [1.82, 2.24) is 9.99 Å². The summed E-state index contributed by atoms with van der Waals surface area (Å²) < 4.78 is 10.9. The van der Waals surface area contributed by atoms with E-state index in [1.807, 2.05) is 49.4 Å². The van der Waals surface area contributed by atoms with Crippen molar-refractivity contribution < 1.29 is 14.3 Å². The highest BCUT2D eigenvalue weighted by molar-refractivity contribution is 6.30. The number of rotatable bonds is 2. The summed E-state index contributed by atoms with van der Waals surface area (Å²) in [6.45, 7) is 3.74. The summed E-state index contributed by atoms with van der Waals surface area (Å²) in [6.07, 6.45) is 0.570. The first kappa shape index (κ1) is 17.9. The molecule has 0 saturated carbocycles. The van der Waals surface area contributed by atoms with Crippen molar-refractivity contribution in [2.75, 3.05) is 6.79 Å². The van der Waals surface area contributed by atoms with Crippen LogP contribution in [-0.4, -0.2) is 28.4 Å². The monoisotopic (exact) mass is 407 g/mol. The second-order valence-electron chi connectivity index (χ2n) is 7.26. The van der Waals surface area contributed by atoms with E-state index in [4.69, 9.17) is 21.1 Å². The lowest BCUT2D eigenvalue weighted by Gasteiger charge is -2.21. The van der Waals surface area contributed by atoms with Gasteiger partial charge in [-0.25, -0.2) is 9.99 Å². The third kappa shape index (κ3) is 3.09. The van der Waals surface area contributed by atoms with Crippen molar-refractivity contribution in [3.8, 4) is 11.5 Å². The number of fused-ring (bicyclic) bond motifs is 2. The van der Waals surface area contributed by atoms with E-state index in [-0.39, 0.29) is 18.7 Å². The first-order valence-electron chi connectivity index (χ1n) is 9.34. The van der Waals surface area contributed by atoms with Crippen LogP contribution in [0.2, 0.25) is 5.15 Å². The molecule has 1 amide bonds. The fourth-order valence-electron chi connectivity index (χ4n) is 3.75. The molecule has 2 aliphatic rings. The van der Waals surface area contributed by atoms with Crippen LogP contribution in [0.5, 0.6) is 11.5 Å². The second kappa shape index (κ2) is 6.74. The summed E-state index contributed by atoms with van der Waals surface area (Å²) in [5.74, 6) is 1.20. The fraction of sp³-hybridized carbons (Fsp3) is 0.227. The molecule has 0 aliphatic carbocycles. The van der Waals surface area contributed by atoms with Crippen LogP contribution in [0.15, 0.2) is 47.6 Å². The third-order valence-corrected chi connectivity index (χ3v) is 5.57. The van der Waals surface area contributed by atoms with Gasteiger partial charge in [-0.1, -0.05) is 41.4 Å². The van der Waals surface area contributed by atoms with Gasteiger partial charge in [-0.3, -0.25) is 4.79 Å². The zero-order valence-electron chi connectivity index (χ0n) is 16.0. The number of aryl methyl sites for hydroxylation is 1. The number of amides is 1. The number of aromatic nitrogens is 1. The molecule has 0 radical (unpaired) electrons. The number of ether oxygens (including phenoxy) is 2. The van der Waals surface area contributed by atoms with Crippen LogP contribution in [0.1, 0.15) is 36.1 Å². The van der Waals surface area contributed by atoms with E-state index in [1.54, 1.807) is 0 Å². The number of nitrogens with zero attached hydrogens (tertiary/aromatic N) is 3. The summed E-state index contributed by atoms with van der Waals surface area (Å²) in [6, 6.07) is 13.5. The standard InChI is InChI=1S/C22H18ClN3O3/c1-12-3-5-14(6-4-12)18-9-19(26(25-18)13(2)27)16-7-15-8-20-21(29-11-28-20)10-17(15)24-22(16)23/h3-8,10,19H,9,11H2,1-2H3/t19-/m0/s1. The van der Waals surface area contributed by atoms with E-state index < -0.39 is 0 Å². The topological polar surface area (TPSA) is 64.0 Å². The molecule has 0 saturated heterocycles. The smallest absolute Gasteiger partial charge is 0.240 e. The van der Waals surface area contributed by atoms with Crippen LogP contribution >= 0.6 is 11.6 Å². The molecular weight excluding hydrogens is 390 g/mol. The van der Waals surface area contributed by atoms with Crippen molar-refractivity contribution in [2.45, 2.75) is 26.3 Å². The number of halogens is 1. The minimum atomic E-state index is -0.307. The Hall–Kier alpha value is -3.12. The highest BCUT2D eigenvalue weighted by Crippen LogP contribution is 2.40. The number of benzene rings is 2. The van der Waals surface area contributed by atoms with Gasteiger partial charge in [-0.2, -0.15) is 5.10 Å². The first-order chi connectivity index (χ1) is 14.0. The lowest BCUT2D eigenvalue weighted by atomic mass is 9.98. The molecule has 0 unspecified atom stereocenters. The molecule has 0 bridgehead atoms. The summed E-state index contributed by atoms with van der Waals surface area (Å²) in [4.78, 5) is 16.8. The second-order valence-corrected chi connectivity index (χ2v) is 7.62. The lowest BCUT2D eigenvalue weighted by Crippen LogP contribution is -2.24. The molecule has 146 valence electrons. The van der Waals surface area contributed by atoms with Crippen LogP contribution in [0, 0.1) is 6.92 Å². The van der Waals surface area contributed by atoms with Crippen LogP contribution < -0.4 is 9.47 Å². The molecule has 0 spiro atoms. The summed E-state index contributed by atoms with van der Waals surface area (Å²) in [5, 5.41) is 7.32. The van der Waals surface area contributed by atoms with Gasteiger partial charge < -0.3 is 9.47 Å². The molecule has 6 nitrogen and oxygen atoms in total. The van der Waals surface area contributed by atoms with Gasteiger partial charge in [0.25, 0.3) is 0 Å². The maximum Gasteiger partial charge on any atom is 0.240 e. The molecule has 0 N–H and O–H groups in total. The highest BCUT2D eigenvalue weighted by Gasteiger charge is 2.33. The third-order valence-electron chi connectivity index (χ3n) is 5.27. The number of pyridine rings is 1. The van der Waals surface area contributed by atoms with E-state index in [0.29, 0.717) is 23.1 Å². The first-order valence-corrected chi connectivity index (χ1v) is 9.71. The number of hydrazone groups is 1. The zero-order chi connectivity index (χ0) is 20.1. The van der Waals surface area contributed by atoms with Crippen molar-refractivity contribution in [2.24, 2.45) is 5.10 Å². The van der Waals surface area contributed by atoms with Crippen molar-refractivity contribution in [3.05, 3.63) is 64.3 Å². The Labute approximate surface area is 172 Å². The van der Waals surface area contributed by atoms with Crippen molar-refractivity contribution in [3.63, 3.8) is 0 Å². The molecule has 29 heavy (non-hydrogen) atoms. The van der Waals surface area contributed by atoms with Gasteiger partial charge in [0.2, 0.25) is 12.7 Å². The summed E-state index contributed by atoms with van der Waals surface area (Å²) >= 11 is 6.55. The maximum absolute atomic E-state index is 12.3. The van der Waals surface area contributed by atoms with Gasteiger partial charge in [-0.05, 0) is 24.6 Å². The molecule has 7 heteroatoms. The van der Waals surface area contributed by atoms with E-state index >= 15 is 0 Å². The summed E-state index contributed by atoms with van der Waals surface area (Å²) in [5.41, 5.74) is 4.51. The summed E-state index contributed by atoms with van der Waals surface area (Å²) in [7, 11) is 0. The van der Waals surface area contributed by atoms with E-state index in [2.05, 4.69) is 10.1 Å². The predicted octanol–water partition coefficient (Wildman–Crippen LogP) is 4.62. The van der Waals surface area contributed by atoms with Crippen LogP contribution in [0.4, 0.5) is 0 Å². The molecule has 3 heterocycles. The Morgan fingerprint density at radius 1 is 1.14 bits per heavy atom. The fourth-order valence-corrected chi connectivity index (χ4v) is 4.03. The maximum atomic E-state index is 12.3. The van der Waals surface area contributed by atoms with Gasteiger partial charge >= 0.3 is 0 Å². The van der Waals surface area contributed by atoms with Crippen LogP contribution in [-0.2, 0) is 4.79 Å². The van der Waals surface area contributed by atoms with Gasteiger partial charge in [0, 0.05) is 30.4 Å². The quantitative estimate of drug-likeness (QED) is 0.581. The van der Waals surface area contributed by atoms with E-state index in [1.165, 1.54) is 17.5 Å². The average molecular weight is 408 g/mol. The van der Waals surface area contributed by atoms with Gasteiger partial charge in [0.1, 0.15) is 5.15 Å². The number of hydrogen-bond acceptors (Lipinski definition) is 5. The highest BCUT2D eigenvalue weighted by atomic mass is 35.5. The van der Waals surface area contributed by atoms with E-state index in [9.17, 15) is 4.79 Å². The Bertz CT molecular complexity index is 1170. The molecule has 1 aromatic heterocycles. The Morgan fingerprint density at radius 2 is 1.86 bits per heavy atom. The Morgan fingerprint density at radius 3 is 2.59 bits per heavy atom. The normalized spacial score (nSPS) is 17.7. The number of carbonyl (C=O) groups is 1. The molecule has 1 atom stereocenters. The molecular formula is C22H18ClN3O3. The number of carbonyl (C=O) groups excluding carboxylic acids is 1. The average Bonchev–Trinajstić information content (AvgIpc) is 3.33.